The molecule has 6 heteroatoms. The monoisotopic (exact) mass is 375 g/mol. The van der Waals surface area contributed by atoms with Gasteiger partial charge in [0.15, 0.2) is 0 Å². The minimum absolute atomic E-state index is 0.207. The van der Waals surface area contributed by atoms with Gasteiger partial charge in [-0.2, -0.15) is 0 Å². The number of nitrogens with zero attached hydrogens (tertiary/aromatic N) is 1. The molecule has 0 aliphatic heterocycles. The normalized spacial score (nSPS) is 10.7. The van der Waals surface area contributed by atoms with Gasteiger partial charge in [0.25, 0.3) is 5.91 Å². The predicted molar refractivity (Wildman–Crippen MR) is 108 cm³/mol. The van der Waals surface area contributed by atoms with Gasteiger partial charge in [-0.05, 0) is 53.1 Å². The van der Waals surface area contributed by atoms with Crippen LogP contribution in [0.1, 0.15) is 16.1 Å². The van der Waals surface area contributed by atoms with Gasteiger partial charge < -0.3 is 14.5 Å². The zero-order valence-corrected chi connectivity index (χ0v) is 15.2. The topological polar surface area (TPSA) is 67.2 Å². The first kappa shape index (κ1) is 17.2. The van der Waals surface area contributed by atoms with Crippen LogP contribution in [0, 0.1) is 0 Å². The number of carbonyl (C=O) groups excluding carboxylic acids is 1. The summed E-state index contributed by atoms with van der Waals surface area (Å²) < 4.78 is 8.50. The zero-order chi connectivity index (χ0) is 18.5. The fourth-order valence-electron chi connectivity index (χ4n) is 2.68. The Balaban J connectivity index is 1.46. The van der Waals surface area contributed by atoms with Gasteiger partial charge in [0.1, 0.15) is 5.76 Å². The highest BCUT2D eigenvalue weighted by Gasteiger charge is 2.12. The van der Waals surface area contributed by atoms with Crippen LogP contribution in [0.2, 0.25) is 0 Å². The lowest BCUT2D eigenvalue weighted by Crippen LogP contribution is -2.23. The highest BCUT2D eigenvalue weighted by atomic mass is 32.2. The Hall–Kier alpha value is -3.25. The number of nitrogens with one attached hydrogen (secondary N) is 2. The molecule has 134 valence electrons. The highest BCUT2D eigenvalue weighted by molar-refractivity contribution is 8.00. The first-order valence-corrected chi connectivity index (χ1v) is 9.27. The SMILES string of the molecule is O=C(NCc1ccco1)c1cnccc1NSc1ccc2ccccc2c1. The summed E-state index contributed by atoms with van der Waals surface area (Å²) in [5.41, 5.74) is 1.19. The smallest absolute Gasteiger partial charge is 0.255 e. The van der Waals surface area contributed by atoms with Crippen LogP contribution >= 0.6 is 11.9 Å². The molecule has 27 heavy (non-hydrogen) atoms. The first-order chi connectivity index (χ1) is 13.3. The lowest BCUT2D eigenvalue weighted by Gasteiger charge is -2.11. The largest absolute Gasteiger partial charge is 0.467 e. The number of pyridine rings is 1. The number of furan rings is 1. The maximum atomic E-state index is 12.5. The molecule has 0 spiro atoms. The van der Waals surface area contributed by atoms with Crippen LogP contribution in [0.4, 0.5) is 5.69 Å². The van der Waals surface area contributed by atoms with Crippen LogP contribution in [0.25, 0.3) is 10.8 Å². The molecule has 0 saturated carbocycles. The molecule has 2 heterocycles. The summed E-state index contributed by atoms with van der Waals surface area (Å²) in [5, 5.41) is 5.22. The van der Waals surface area contributed by atoms with Crippen molar-refractivity contribution in [3.8, 4) is 0 Å². The van der Waals surface area contributed by atoms with E-state index in [4.69, 9.17) is 4.42 Å². The highest BCUT2D eigenvalue weighted by Crippen LogP contribution is 2.26. The van der Waals surface area contributed by atoms with Crippen LogP contribution in [0.5, 0.6) is 0 Å². The molecule has 0 atom stereocenters. The van der Waals surface area contributed by atoms with Crippen molar-refractivity contribution in [1.29, 1.82) is 0 Å². The third kappa shape index (κ3) is 4.12. The number of fused-ring (bicyclic) bond motifs is 1. The molecule has 4 aromatic rings. The summed E-state index contributed by atoms with van der Waals surface area (Å²) in [6.45, 7) is 0.331. The lowest BCUT2D eigenvalue weighted by atomic mass is 10.1. The van der Waals surface area contributed by atoms with E-state index in [1.165, 1.54) is 22.7 Å². The lowest BCUT2D eigenvalue weighted by molar-refractivity contribution is 0.0948. The van der Waals surface area contributed by atoms with Crippen LogP contribution in [-0.2, 0) is 6.54 Å². The van der Waals surface area contributed by atoms with E-state index in [0.717, 1.165) is 4.90 Å². The van der Waals surface area contributed by atoms with Crippen molar-refractivity contribution in [3.05, 3.63) is 90.6 Å². The molecule has 0 unspecified atom stereocenters. The average molecular weight is 375 g/mol. The van der Waals surface area contributed by atoms with E-state index < -0.39 is 0 Å². The molecule has 1 amide bonds. The fourth-order valence-corrected chi connectivity index (χ4v) is 3.41. The van der Waals surface area contributed by atoms with Crippen molar-refractivity contribution in [2.24, 2.45) is 0 Å². The molecule has 0 aliphatic rings. The Morgan fingerprint density at radius 3 is 2.78 bits per heavy atom. The second-order valence-corrected chi connectivity index (χ2v) is 6.78. The molecule has 4 rings (SSSR count). The maximum Gasteiger partial charge on any atom is 0.255 e. The zero-order valence-electron chi connectivity index (χ0n) is 14.4. The third-order valence-electron chi connectivity index (χ3n) is 4.07. The van der Waals surface area contributed by atoms with Gasteiger partial charge in [-0.1, -0.05) is 30.3 Å². The number of rotatable bonds is 6. The predicted octanol–water partition coefficient (Wildman–Crippen LogP) is 4.88. The Kier molecular flexibility index (Phi) is 5.07. The quantitative estimate of drug-likeness (QED) is 0.470. The minimum atomic E-state index is -0.207. The Bertz CT molecular complexity index is 1060. The van der Waals surface area contributed by atoms with E-state index >= 15 is 0 Å². The van der Waals surface area contributed by atoms with E-state index in [0.29, 0.717) is 23.6 Å². The van der Waals surface area contributed by atoms with E-state index in [1.807, 2.05) is 18.2 Å². The molecule has 0 radical (unpaired) electrons. The summed E-state index contributed by atoms with van der Waals surface area (Å²) in [7, 11) is 0. The summed E-state index contributed by atoms with van der Waals surface area (Å²) in [5.74, 6) is 0.494. The number of aromatic nitrogens is 1. The van der Waals surface area contributed by atoms with E-state index in [1.54, 1.807) is 30.8 Å². The summed E-state index contributed by atoms with van der Waals surface area (Å²) in [6, 6.07) is 19.9. The number of hydrogen-bond acceptors (Lipinski definition) is 5. The Morgan fingerprint density at radius 1 is 1.04 bits per heavy atom. The fraction of sp³-hybridized carbons (Fsp3) is 0.0476. The van der Waals surface area contributed by atoms with E-state index in [2.05, 4.69) is 45.4 Å². The molecule has 2 aromatic heterocycles. The van der Waals surface area contributed by atoms with Crippen LogP contribution < -0.4 is 10.0 Å². The number of benzene rings is 2. The van der Waals surface area contributed by atoms with Gasteiger partial charge in [-0.3, -0.25) is 9.78 Å². The Labute approximate surface area is 160 Å². The van der Waals surface area contributed by atoms with Crippen molar-refractivity contribution in [1.82, 2.24) is 10.3 Å². The van der Waals surface area contributed by atoms with Crippen molar-refractivity contribution >= 4 is 34.3 Å². The molecule has 5 nitrogen and oxygen atoms in total. The summed E-state index contributed by atoms with van der Waals surface area (Å²) in [6.07, 6.45) is 4.80. The van der Waals surface area contributed by atoms with Crippen LogP contribution in [0.15, 0.2) is 88.6 Å². The van der Waals surface area contributed by atoms with Gasteiger partial charge >= 0.3 is 0 Å². The summed E-state index contributed by atoms with van der Waals surface area (Å²) >= 11 is 1.46. The number of anilines is 1. The molecular formula is C21H17N3O2S. The van der Waals surface area contributed by atoms with Gasteiger partial charge in [-0.25, -0.2) is 0 Å². The van der Waals surface area contributed by atoms with Gasteiger partial charge in [0.2, 0.25) is 0 Å². The second kappa shape index (κ2) is 7.97. The molecule has 0 saturated heterocycles. The molecule has 0 aliphatic carbocycles. The Morgan fingerprint density at radius 2 is 1.93 bits per heavy atom. The first-order valence-electron chi connectivity index (χ1n) is 8.46. The third-order valence-corrected chi connectivity index (χ3v) is 4.88. The molecule has 0 fully saturated rings. The van der Waals surface area contributed by atoms with Gasteiger partial charge in [0, 0.05) is 17.3 Å². The molecule has 2 N–H and O–H groups in total. The van der Waals surface area contributed by atoms with Gasteiger partial charge in [-0.15, -0.1) is 0 Å². The van der Waals surface area contributed by atoms with Crippen LogP contribution in [-0.4, -0.2) is 10.9 Å². The summed E-state index contributed by atoms with van der Waals surface area (Å²) in [4.78, 5) is 17.6. The minimum Gasteiger partial charge on any atom is -0.467 e. The van der Waals surface area contributed by atoms with E-state index in [-0.39, 0.29) is 5.91 Å². The van der Waals surface area contributed by atoms with Crippen molar-refractivity contribution in [3.63, 3.8) is 0 Å². The van der Waals surface area contributed by atoms with Gasteiger partial charge in [0.05, 0.1) is 24.1 Å². The number of carbonyl (C=O) groups is 1. The van der Waals surface area contributed by atoms with Crippen molar-refractivity contribution < 1.29 is 9.21 Å². The molecular weight excluding hydrogens is 358 g/mol. The molecule has 2 aromatic carbocycles. The number of amides is 1. The second-order valence-electron chi connectivity index (χ2n) is 5.90. The van der Waals surface area contributed by atoms with Crippen LogP contribution in [0.3, 0.4) is 0 Å². The molecule has 0 bridgehead atoms. The van der Waals surface area contributed by atoms with Crippen molar-refractivity contribution in [2.75, 3.05) is 4.72 Å². The standard InChI is InChI=1S/C21H17N3O2S/c25-21(23-13-17-6-3-11-26-17)19-14-22-10-9-20(19)24-27-18-8-7-15-4-1-2-5-16(15)12-18/h1-12,14H,13H2,(H,22,24)(H,23,25). The average Bonchev–Trinajstić information content (AvgIpc) is 3.24. The number of hydrogen-bond donors (Lipinski definition) is 2. The maximum absolute atomic E-state index is 12.5. The van der Waals surface area contributed by atoms with Crippen molar-refractivity contribution in [2.45, 2.75) is 11.4 Å². The van der Waals surface area contributed by atoms with E-state index in [9.17, 15) is 4.79 Å².